The quantitative estimate of drug-likeness (QED) is 0.172. The molecule has 0 N–H and O–H groups in total. The summed E-state index contributed by atoms with van der Waals surface area (Å²) in [5, 5.41) is 4.66. The first-order chi connectivity index (χ1) is 20.5. The zero-order valence-corrected chi connectivity index (χ0v) is 25.2. The number of rotatable bonds is 10. The first kappa shape index (κ1) is 27.8. The van der Waals surface area contributed by atoms with E-state index in [0.29, 0.717) is 0 Å². The lowest BCUT2D eigenvalue weighted by atomic mass is 9.65. The van der Waals surface area contributed by atoms with Crippen LogP contribution in [0.2, 0.25) is 0 Å². The predicted octanol–water partition coefficient (Wildman–Crippen LogP) is 10.1. The molecule has 0 fully saturated rings. The second-order valence-corrected chi connectivity index (χ2v) is 11.4. The number of pyridine rings is 1. The number of anilines is 3. The zero-order chi connectivity index (χ0) is 29.1. The first-order valence-electron chi connectivity index (χ1n) is 15.3. The molecule has 5 heteroatoms. The number of hydrogen-bond donors (Lipinski definition) is 0. The molecule has 5 aromatic rings. The van der Waals surface area contributed by atoms with Crippen LogP contribution in [0.5, 0.6) is 11.5 Å². The first-order valence-corrected chi connectivity index (χ1v) is 15.3. The maximum Gasteiger partial charge on any atom is 0.137 e. The fourth-order valence-electron chi connectivity index (χ4n) is 6.57. The Balaban J connectivity index is 1.48. The number of hydrogen-bond acceptors (Lipinski definition) is 4. The Labute approximate surface area is 249 Å². The molecule has 2 aromatic heterocycles. The number of nitrogens with zero attached hydrogens (tertiary/aromatic N) is 4. The second kappa shape index (κ2) is 11.8. The van der Waals surface area contributed by atoms with Crippen LogP contribution in [0.4, 0.5) is 17.2 Å². The van der Waals surface area contributed by atoms with Gasteiger partial charge < -0.3 is 4.74 Å². The third-order valence-corrected chi connectivity index (χ3v) is 8.49. The van der Waals surface area contributed by atoms with E-state index in [1.165, 1.54) is 42.5 Å². The van der Waals surface area contributed by atoms with E-state index < -0.39 is 0 Å². The Kier molecular flexibility index (Phi) is 7.84. The highest BCUT2D eigenvalue weighted by Gasteiger charge is 2.43. The Bertz CT molecular complexity index is 1660. The third kappa shape index (κ3) is 5.09. The Morgan fingerprint density at radius 2 is 1.45 bits per heavy atom. The molecule has 214 valence electrons. The molecule has 1 aliphatic rings. The molecule has 0 amide bonds. The van der Waals surface area contributed by atoms with E-state index in [0.717, 1.165) is 52.9 Å². The maximum atomic E-state index is 6.57. The van der Waals surface area contributed by atoms with E-state index in [1.54, 1.807) is 0 Å². The number of fused-ring (bicyclic) bond motifs is 2. The third-order valence-electron chi connectivity index (χ3n) is 8.49. The van der Waals surface area contributed by atoms with Crippen molar-refractivity contribution >= 4 is 17.2 Å². The van der Waals surface area contributed by atoms with Crippen molar-refractivity contribution < 1.29 is 4.74 Å². The van der Waals surface area contributed by atoms with Crippen LogP contribution in [0.15, 0.2) is 97.2 Å². The highest BCUT2D eigenvalue weighted by Crippen LogP contribution is 2.56. The van der Waals surface area contributed by atoms with Gasteiger partial charge in [-0.1, -0.05) is 75.9 Å². The van der Waals surface area contributed by atoms with Crippen LogP contribution in [0.3, 0.4) is 0 Å². The van der Waals surface area contributed by atoms with Crippen LogP contribution in [0.25, 0.3) is 5.69 Å². The lowest BCUT2D eigenvalue weighted by Crippen LogP contribution is -2.36. The Morgan fingerprint density at radius 3 is 2.17 bits per heavy atom. The van der Waals surface area contributed by atoms with Crippen molar-refractivity contribution in [3.05, 3.63) is 120 Å². The van der Waals surface area contributed by atoms with Gasteiger partial charge in [-0.2, -0.15) is 5.10 Å². The molecule has 0 spiro atoms. The summed E-state index contributed by atoms with van der Waals surface area (Å²) < 4.78 is 8.53. The van der Waals surface area contributed by atoms with E-state index >= 15 is 0 Å². The molecule has 0 aliphatic carbocycles. The van der Waals surface area contributed by atoms with Crippen LogP contribution in [0, 0.1) is 13.8 Å². The van der Waals surface area contributed by atoms with Crippen molar-refractivity contribution in [1.29, 1.82) is 0 Å². The van der Waals surface area contributed by atoms with Crippen LogP contribution in [0.1, 0.15) is 74.9 Å². The van der Waals surface area contributed by atoms with Gasteiger partial charge in [0, 0.05) is 29.4 Å². The molecule has 3 aromatic carbocycles. The number of benzene rings is 3. The van der Waals surface area contributed by atoms with Crippen molar-refractivity contribution in [1.82, 2.24) is 14.8 Å². The van der Waals surface area contributed by atoms with E-state index in [-0.39, 0.29) is 5.41 Å². The maximum absolute atomic E-state index is 6.57. The number of unbranched alkanes of at least 4 members (excludes halogenated alkanes) is 2. The highest BCUT2D eigenvalue weighted by atomic mass is 16.5. The molecule has 3 heterocycles. The monoisotopic (exact) mass is 556 g/mol. The number of aryl methyl sites for hydroxylation is 2. The van der Waals surface area contributed by atoms with Gasteiger partial charge in [0.1, 0.15) is 17.3 Å². The van der Waals surface area contributed by atoms with Gasteiger partial charge in [-0.05, 0) is 80.3 Å². The molecule has 42 heavy (non-hydrogen) atoms. The van der Waals surface area contributed by atoms with Gasteiger partial charge in [0.25, 0.3) is 0 Å². The van der Waals surface area contributed by atoms with Gasteiger partial charge in [-0.3, -0.25) is 4.90 Å². The van der Waals surface area contributed by atoms with Crippen molar-refractivity contribution in [3.8, 4) is 17.2 Å². The van der Waals surface area contributed by atoms with Crippen LogP contribution in [-0.4, -0.2) is 14.8 Å². The van der Waals surface area contributed by atoms with Crippen LogP contribution >= 0.6 is 0 Å². The lowest BCUT2D eigenvalue weighted by molar-refractivity contribution is 0.402. The molecule has 0 bridgehead atoms. The SMILES string of the molecule is CCCCC1(CCCC)c2ccccc2N(c2ccccn2)c2cc(Oc3cccc(-n4nc(C)cc4C)c3)ccc21. The van der Waals surface area contributed by atoms with E-state index in [4.69, 9.17) is 9.72 Å². The standard InChI is InChI=1S/C37H40N4O/c1-5-7-21-37(22-8-6-2)32-16-9-10-17-34(32)40(36-18-11-12-23-38-36)35-26-31(19-20-33(35)37)42-30-15-13-14-29(25-30)41-28(4)24-27(3)39-41/h9-20,23-26H,5-8,21-22H2,1-4H3. The molecule has 0 saturated carbocycles. The molecular formula is C37H40N4O. The van der Waals surface area contributed by atoms with Crippen molar-refractivity contribution in [2.75, 3.05) is 4.90 Å². The average Bonchev–Trinajstić information content (AvgIpc) is 3.36. The van der Waals surface area contributed by atoms with Crippen molar-refractivity contribution in [3.63, 3.8) is 0 Å². The molecule has 6 rings (SSSR count). The zero-order valence-electron chi connectivity index (χ0n) is 25.2. The summed E-state index contributed by atoms with van der Waals surface area (Å²) in [4.78, 5) is 7.14. The minimum atomic E-state index is -0.0584. The van der Waals surface area contributed by atoms with Gasteiger partial charge in [-0.15, -0.1) is 0 Å². The van der Waals surface area contributed by atoms with E-state index in [2.05, 4.69) is 104 Å². The summed E-state index contributed by atoms with van der Waals surface area (Å²) in [7, 11) is 0. The van der Waals surface area contributed by atoms with Gasteiger partial charge in [0.05, 0.1) is 22.8 Å². The fraction of sp³-hybridized carbons (Fsp3) is 0.297. The summed E-state index contributed by atoms with van der Waals surface area (Å²) in [6, 6.07) is 32.0. The predicted molar refractivity (Wildman–Crippen MR) is 172 cm³/mol. The van der Waals surface area contributed by atoms with Crippen LogP contribution in [-0.2, 0) is 5.41 Å². The summed E-state index contributed by atoms with van der Waals surface area (Å²) >= 11 is 0. The fourth-order valence-corrected chi connectivity index (χ4v) is 6.57. The van der Waals surface area contributed by atoms with Gasteiger partial charge in [0.15, 0.2) is 0 Å². The topological polar surface area (TPSA) is 43.2 Å². The normalized spacial score (nSPS) is 13.5. The molecule has 5 nitrogen and oxygen atoms in total. The lowest BCUT2D eigenvalue weighted by Gasteiger charge is -2.46. The molecule has 0 saturated heterocycles. The molecule has 1 aliphatic heterocycles. The summed E-state index contributed by atoms with van der Waals surface area (Å²) in [5.74, 6) is 2.50. The summed E-state index contributed by atoms with van der Waals surface area (Å²) in [6.07, 6.45) is 8.81. The smallest absolute Gasteiger partial charge is 0.137 e. The average molecular weight is 557 g/mol. The van der Waals surface area contributed by atoms with E-state index in [1.807, 2.05) is 36.0 Å². The van der Waals surface area contributed by atoms with Gasteiger partial charge >= 0.3 is 0 Å². The minimum absolute atomic E-state index is 0.0584. The number of ether oxygens (including phenoxy) is 1. The molecular weight excluding hydrogens is 516 g/mol. The van der Waals surface area contributed by atoms with E-state index in [9.17, 15) is 0 Å². The van der Waals surface area contributed by atoms with Gasteiger partial charge in [-0.25, -0.2) is 9.67 Å². The van der Waals surface area contributed by atoms with Crippen molar-refractivity contribution in [2.24, 2.45) is 0 Å². The molecule has 0 radical (unpaired) electrons. The minimum Gasteiger partial charge on any atom is -0.457 e. The Hall–Kier alpha value is -4.38. The summed E-state index contributed by atoms with van der Waals surface area (Å²) in [6.45, 7) is 8.68. The highest BCUT2D eigenvalue weighted by molar-refractivity contribution is 5.85. The molecule has 0 atom stereocenters. The number of aromatic nitrogens is 3. The summed E-state index contributed by atoms with van der Waals surface area (Å²) in [5.41, 5.74) is 8.13. The van der Waals surface area contributed by atoms with Crippen molar-refractivity contribution in [2.45, 2.75) is 71.6 Å². The second-order valence-electron chi connectivity index (χ2n) is 11.4. The largest absolute Gasteiger partial charge is 0.457 e. The number of para-hydroxylation sites is 1. The Morgan fingerprint density at radius 1 is 0.714 bits per heavy atom. The molecule has 0 unspecified atom stereocenters. The van der Waals surface area contributed by atoms with Crippen LogP contribution < -0.4 is 9.64 Å². The van der Waals surface area contributed by atoms with Gasteiger partial charge in [0.2, 0.25) is 0 Å².